The number of rotatable bonds is 6. The number of nitrogens with one attached hydrogen (secondary N) is 2. The summed E-state index contributed by atoms with van der Waals surface area (Å²) in [7, 11) is 1.78. The Morgan fingerprint density at radius 3 is 2.67 bits per heavy atom. The van der Waals surface area contributed by atoms with E-state index in [2.05, 4.69) is 38.5 Å². The molecule has 0 amide bonds. The second-order valence-corrected chi connectivity index (χ2v) is 5.27. The molecule has 0 unspecified atom stereocenters. The molecule has 4 nitrogen and oxygen atoms in total. The normalized spacial score (nSPS) is 11.2. The maximum absolute atomic E-state index is 5.50. The maximum atomic E-state index is 5.50. The van der Waals surface area contributed by atoms with E-state index in [1.54, 1.807) is 18.4 Å². The Bertz CT molecular complexity index is 567. The Balaban J connectivity index is 1.83. The van der Waals surface area contributed by atoms with Gasteiger partial charge < -0.3 is 15.4 Å². The second kappa shape index (κ2) is 8.32. The predicted molar refractivity (Wildman–Crippen MR) is 89.0 cm³/mol. The fraction of sp³-hybridized carbons (Fsp3) is 0.312. The van der Waals surface area contributed by atoms with E-state index in [9.17, 15) is 0 Å². The van der Waals surface area contributed by atoms with Crippen molar-refractivity contribution in [1.29, 1.82) is 0 Å². The van der Waals surface area contributed by atoms with Crippen molar-refractivity contribution in [1.82, 2.24) is 10.6 Å². The van der Waals surface area contributed by atoms with Gasteiger partial charge in [-0.3, -0.25) is 4.99 Å². The number of guanidine groups is 1. The Morgan fingerprint density at radius 2 is 2.00 bits per heavy atom. The zero-order valence-electron chi connectivity index (χ0n) is 12.4. The van der Waals surface area contributed by atoms with Crippen LogP contribution in [0.15, 0.2) is 46.1 Å². The van der Waals surface area contributed by atoms with Crippen LogP contribution in [0.3, 0.4) is 0 Å². The van der Waals surface area contributed by atoms with Gasteiger partial charge in [-0.05, 0) is 47.0 Å². The van der Waals surface area contributed by atoms with E-state index in [1.807, 2.05) is 25.1 Å². The summed E-state index contributed by atoms with van der Waals surface area (Å²) in [6.07, 6.45) is 0. The van der Waals surface area contributed by atoms with E-state index < -0.39 is 0 Å². The number of hydrogen-bond acceptors (Lipinski definition) is 3. The van der Waals surface area contributed by atoms with E-state index in [1.165, 1.54) is 11.1 Å². The minimum atomic E-state index is 0.681. The van der Waals surface area contributed by atoms with Gasteiger partial charge in [-0.2, -0.15) is 11.3 Å². The van der Waals surface area contributed by atoms with E-state index in [-0.39, 0.29) is 0 Å². The van der Waals surface area contributed by atoms with Gasteiger partial charge in [0.25, 0.3) is 0 Å². The smallest absolute Gasteiger partial charge is 0.191 e. The van der Waals surface area contributed by atoms with Gasteiger partial charge in [0.1, 0.15) is 5.75 Å². The highest BCUT2D eigenvalue weighted by molar-refractivity contribution is 7.07. The van der Waals surface area contributed by atoms with Gasteiger partial charge in [-0.1, -0.05) is 12.1 Å². The molecule has 1 aromatic heterocycles. The summed E-state index contributed by atoms with van der Waals surface area (Å²) in [6.45, 7) is 4.16. The summed E-state index contributed by atoms with van der Waals surface area (Å²) in [5, 5.41) is 10.8. The molecule has 2 aromatic rings. The molecule has 0 aliphatic carbocycles. The van der Waals surface area contributed by atoms with Gasteiger partial charge in [0.2, 0.25) is 0 Å². The Labute approximate surface area is 129 Å². The van der Waals surface area contributed by atoms with Crippen molar-refractivity contribution in [3.05, 3.63) is 52.2 Å². The van der Waals surface area contributed by atoms with Crippen molar-refractivity contribution in [3.8, 4) is 5.75 Å². The van der Waals surface area contributed by atoms with Gasteiger partial charge >= 0.3 is 0 Å². The molecule has 0 radical (unpaired) electrons. The molecule has 0 fully saturated rings. The van der Waals surface area contributed by atoms with Crippen LogP contribution in [0.4, 0.5) is 0 Å². The van der Waals surface area contributed by atoms with Crippen molar-refractivity contribution >= 4 is 17.3 Å². The standard InChI is InChI=1S/C16H21N3OS/c1-3-20-15-6-4-5-13(9-15)10-18-16(17-2)19-11-14-7-8-21-12-14/h4-9,12H,3,10-11H2,1-2H3,(H2,17,18,19). The largest absolute Gasteiger partial charge is 0.494 e. The molecule has 0 bridgehead atoms. The maximum Gasteiger partial charge on any atom is 0.191 e. The summed E-state index contributed by atoms with van der Waals surface area (Å²) < 4.78 is 5.50. The minimum Gasteiger partial charge on any atom is -0.494 e. The first-order valence-electron chi connectivity index (χ1n) is 6.99. The molecular formula is C16H21N3OS. The molecule has 0 spiro atoms. The molecule has 0 saturated carbocycles. The molecule has 0 aliphatic rings. The van der Waals surface area contributed by atoms with Crippen LogP contribution in [-0.4, -0.2) is 19.6 Å². The molecule has 0 aliphatic heterocycles. The summed E-state index contributed by atoms with van der Waals surface area (Å²) in [4.78, 5) is 4.23. The molecule has 1 heterocycles. The molecule has 2 N–H and O–H groups in total. The first-order valence-corrected chi connectivity index (χ1v) is 7.93. The van der Waals surface area contributed by atoms with Gasteiger partial charge in [0.05, 0.1) is 6.61 Å². The summed E-state index contributed by atoms with van der Waals surface area (Å²) in [6, 6.07) is 10.2. The summed E-state index contributed by atoms with van der Waals surface area (Å²) in [5.74, 6) is 1.70. The summed E-state index contributed by atoms with van der Waals surface area (Å²) >= 11 is 1.70. The van der Waals surface area contributed by atoms with Gasteiger partial charge in [-0.25, -0.2) is 0 Å². The highest BCUT2D eigenvalue weighted by Gasteiger charge is 2.00. The SMILES string of the molecule is CCOc1cccc(CNC(=NC)NCc2ccsc2)c1. The van der Waals surface area contributed by atoms with Crippen LogP contribution >= 0.6 is 11.3 Å². The first kappa shape index (κ1) is 15.4. The molecular weight excluding hydrogens is 282 g/mol. The van der Waals surface area contributed by atoms with Crippen LogP contribution in [0.2, 0.25) is 0 Å². The van der Waals surface area contributed by atoms with E-state index in [4.69, 9.17) is 4.74 Å². The van der Waals surface area contributed by atoms with E-state index in [0.29, 0.717) is 13.2 Å². The number of ether oxygens (including phenoxy) is 1. The van der Waals surface area contributed by atoms with Crippen LogP contribution in [0.5, 0.6) is 5.75 Å². The number of nitrogens with zero attached hydrogens (tertiary/aromatic N) is 1. The average Bonchev–Trinajstić information content (AvgIpc) is 3.01. The zero-order valence-corrected chi connectivity index (χ0v) is 13.2. The van der Waals surface area contributed by atoms with Gasteiger partial charge in [0.15, 0.2) is 5.96 Å². The number of aliphatic imine (C=N–C) groups is 1. The predicted octanol–water partition coefficient (Wildman–Crippen LogP) is 3.01. The molecule has 112 valence electrons. The van der Waals surface area contributed by atoms with Crippen molar-refractivity contribution in [2.45, 2.75) is 20.0 Å². The third-order valence-corrected chi connectivity index (χ3v) is 3.67. The van der Waals surface area contributed by atoms with Gasteiger partial charge in [0, 0.05) is 20.1 Å². The lowest BCUT2D eigenvalue weighted by Gasteiger charge is -2.12. The number of benzene rings is 1. The van der Waals surface area contributed by atoms with Crippen molar-refractivity contribution in [2.75, 3.05) is 13.7 Å². The number of hydrogen-bond donors (Lipinski definition) is 2. The lowest BCUT2D eigenvalue weighted by Crippen LogP contribution is -2.36. The Hall–Kier alpha value is -2.01. The van der Waals surface area contributed by atoms with E-state index in [0.717, 1.165) is 18.3 Å². The fourth-order valence-corrected chi connectivity index (χ4v) is 2.57. The molecule has 1 aromatic carbocycles. The minimum absolute atomic E-state index is 0.681. The molecule has 5 heteroatoms. The molecule has 21 heavy (non-hydrogen) atoms. The third kappa shape index (κ3) is 5.11. The lowest BCUT2D eigenvalue weighted by molar-refractivity contribution is 0.340. The quantitative estimate of drug-likeness (QED) is 0.637. The highest BCUT2D eigenvalue weighted by Crippen LogP contribution is 2.13. The van der Waals surface area contributed by atoms with Crippen molar-refractivity contribution in [3.63, 3.8) is 0 Å². The molecule has 0 atom stereocenters. The van der Waals surface area contributed by atoms with Crippen LogP contribution in [-0.2, 0) is 13.1 Å². The Kier molecular flexibility index (Phi) is 6.09. The highest BCUT2D eigenvalue weighted by atomic mass is 32.1. The molecule has 0 saturated heterocycles. The fourth-order valence-electron chi connectivity index (χ4n) is 1.90. The molecule has 2 rings (SSSR count). The zero-order chi connectivity index (χ0) is 14.9. The second-order valence-electron chi connectivity index (χ2n) is 4.49. The Morgan fingerprint density at radius 1 is 1.19 bits per heavy atom. The topological polar surface area (TPSA) is 45.6 Å². The first-order chi connectivity index (χ1) is 10.3. The van der Waals surface area contributed by atoms with Crippen LogP contribution < -0.4 is 15.4 Å². The lowest BCUT2D eigenvalue weighted by atomic mass is 10.2. The van der Waals surface area contributed by atoms with Crippen LogP contribution in [0, 0.1) is 0 Å². The van der Waals surface area contributed by atoms with Crippen molar-refractivity contribution < 1.29 is 4.74 Å². The number of thiophene rings is 1. The third-order valence-electron chi connectivity index (χ3n) is 2.93. The van der Waals surface area contributed by atoms with E-state index >= 15 is 0 Å². The average molecular weight is 303 g/mol. The van der Waals surface area contributed by atoms with Crippen molar-refractivity contribution in [2.24, 2.45) is 4.99 Å². The summed E-state index contributed by atoms with van der Waals surface area (Å²) in [5.41, 5.74) is 2.43. The van der Waals surface area contributed by atoms with Crippen LogP contribution in [0.25, 0.3) is 0 Å². The monoisotopic (exact) mass is 303 g/mol. The van der Waals surface area contributed by atoms with Crippen LogP contribution in [0.1, 0.15) is 18.1 Å². The van der Waals surface area contributed by atoms with Gasteiger partial charge in [-0.15, -0.1) is 0 Å².